The van der Waals surface area contributed by atoms with Crippen LogP contribution in [0.1, 0.15) is 10.4 Å². The maximum atomic E-state index is 12.8. The van der Waals surface area contributed by atoms with Crippen LogP contribution in [0.5, 0.6) is 0 Å². The van der Waals surface area contributed by atoms with Crippen LogP contribution < -0.4 is 4.90 Å². The molecule has 1 fully saturated rings. The standard InChI is InChI=1S/C18H11ClN2O4/c19-11-6-8-12(9-7-11)21-17(23)13-14(20-25-16(13)18(21)24)15(22)10-4-2-1-3-5-10/h1-9,13,16H/t13-,16+/m1/s1. The summed E-state index contributed by atoms with van der Waals surface area (Å²) < 4.78 is 0. The number of rotatable bonds is 3. The smallest absolute Gasteiger partial charge is 0.278 e. The van der Waals surface area contributed by atoms with Crippen molar-refractivity contribution >= 4 is 40.6 Å². The SMILES string of the molecule is O=C(C1=NO[C@@H]2C(=O)N(c3ccc(Cl)cc3)C(=O)[C@H]12)c1ccccc1. The van der Waals surface area contributed by atoms with Crippen LogP contribution in [-0.4, -0.2) is 29.4 Å². The molecule has 25 heavy (non-hydrogen) atoms. The predicted octanol–water partition coefficient (Wildman–Crippen LogP) is 2.47. The highest BCUT2D eigenvalue weighted by Gasteiger charge is 2.57. The van der Waals surface area contributed by atoms with Crippen molar-refractivity contribution < 1.29 is 19.2 Å². The number of carbonyl (C=O) groups is 3. The second-order valence-electron chi connectivity index (χ2n) is 5.66. The number of amides is 2. The van der Waals surface area contributed by atoms with Crippen LogP contribution >= 0.6 is 11.6 Å². The number of nitrogens with zero attached hydrogens (tertiary/aromatic N) is 2. The molecule has 0 saturated carbocycles. The average molecular weight is 355 g/mol. The normalized spacial score (nSPS) is 21.8. The Hall–Kier alpha value is -2.99. The topological polar surface area (TPSA) is 76.0 Å². The molecule has 0 aromatic heterocycles. The van der Waals surface area contributed by atoms with E-state index in [2.05, 4.69) is 5.16 Å². The van der Waals surface area contributed by atoms with E-state index in [4.69, 9.17) is 16.4 Å². The van der Waals surface area contributed by atoms with E-state index in [0.29, 0.717) is 16.3 Å². The molecule has 2 atom stereocenters. The summed E-state index contributed by atoms with van der Waals surface area (Å²) >= 11 is 5.84. The van der Waals surface area contributed by atoms with Gasteiger partial charge in [0.15, 0.2) is 0 Å². The zero-order valence-corrected chi connectivity index (χ0v) is 13.5. The zero-order chi connectivity index (χ0) is 17.6. The highest BCUT2D eigenvalue weighted by molar-refractivity contribution is 6.52. The van der Waals surface area contributed by atoms with Crippen molar-refractivity contribution in [2.24, 2.45) is 11.1 Å². The summed E-state index contributed by atoms with van der Waals surface area (Å²) in [7, 11) is 0. The Morgan fingerprint density at radius 1 is 1.00 bits per heavy atom. The Balaban J connectivity index is 1.67. The lowest BCUT2D eigenvalue weighted by Gasteiger charge is -2.15. The van der Waals surface area contributed by atoms with Crippen LogP contribution in [0.15, 0.2) is 59.8 Å². The highest BCUT2D eigenvalue weighted by atomic mass is 35.5. The van der Waals surface area contributed by atoms with Crippen LogP contribution in [0.2, 0.25) is 5.02 Å². The van der Waals surface area contributed by atoms with Crippen LogP contribution in [0, 0.1) is 5.92 Å². The van der Waals surface area contributed by atoms with E-state index in [1.807, 2.05) is 0 Å². The molecule has 0 aliphatic carbocycles. The summed E-state index contributed by atoms with van der Waals surface area (Å²) in [5.41, 5.74) is 0.714. The number of oxime groups is 1. The number of carbonyl (C=O) groups excluding carboxylic acids is 3. The fourth-order valence-electron chi connectivity index (χ4n) is 2.95. The highest BCUT2D eigenvalue weighted by Crippen LogP contribution is 2.34. The van der Waals surface area contributed by atoms with Crippen LogP contribution in [0.4, 0.5) is 5.69 Å². The number of imide groups is 1. The maximum Gasteiger partial charge on any atom is 0.278 e. The monoisotopic (exact) mass is 354 g/mol. The molecule has 4 rings (SSSR count). The third-order valence-electron chi connectivity index (χ3n) is 4.17. The van der Waals surface area contributed by atoms with E-state index in [9.17, 15) is 14.4 Å². The van der Waals surface area contributed by atoms with Crippen LogP contribution in [0.25, 0.3) is 0 Å². The summed E-state index contributed by atoms with van der Waals surface area (Å²) in [6, 6.07) is 14.7. The Morgan fingerprint density at radius 3 is 2.36 bits per heavy atom. The number of Topliss-reactive ketones (excluding diaryl/α,β-unsaturated/α-hetero) is 1. The molecule has 2 aliphatic rings. The molecule has 0 radical (unpaired) electrons. The largest absolute Gasteiger partial charge is 0.381 e. The minimum Gasteiger partial charge on any atom is -0.381 e. The van der Waals surface area contributed by atoms with Crippen molar-refractivity contribution in [1.82, 2.24) is 0 Å². The molecule has 0 N–H and O–H groups in total. The van der Waals surface area contributed by atoms with E-state index in [0.717, 1.165) is 4.90 Å². The van der Waals surface area contributed by atoms with Gasteiger partial charge in [-0.2, -0.15) is 0 Å². The molecule has 0 bridgehead atoms. The number of halogens is 1. The lowest BCUT2D eigenvalue weighted by Crippen LogP contribution is -2.34. The molecule has 0 spiro atoms. The number of anilines is 1. The van der Waals surface area contributed by atoms with Gasteiger partial charge in [0, 0.05) is 10.6 Å². The third kappa shape index (κ3) is 2.42. The molecule has 2 amide bonds. The Kier molecular flexibility index (Phi) is 3.62. The lowest BCUT2D eigenvalue weighted by molar-refractivity contribution is -0.126. The second-order valence-corrected chi connectivity index (χ2v) is 6.10. The van der Waals surface area contributed by atoms with Gasteiger partial charge in [-0.3, -0.25) is 14.4 Å². The quantitative estimate of drug-likeness (QED) is 0.626. The number of benzene rings is 2. The fourth-order valence-corrected chi connectivity index (χ4v) is 3.07. The van der Waals surface area contributed by atoms with E-state index in [-0.39, 0.29) is 5.71 Å². The maximum absolute atomic E-state index is 12.8. The lowest BCUT2D eigenvalue weighted by atomic mass is 9.93. The van der Waals surface area contributed by atoms with Gasteiger partial charge in [0.05, 0.1) is 5.69 Å². The van der Waals surface area contributed by atoms with E-state index >= 15 is 0 Å². The van der Waals surface area contributed by atoms with Crippen molar-refractivity contribution in [2.75, 3.05) is 4.90 Å². The first-order valence-corrected chi connectivity index (χ1v) is 7.92. The summed E-state index contributed by atoms with van der Waals surface area (Å²) in [6.45, 7) is 0. The van der Waals surface area contributed by atoms with E-state index in [1.165, 1.54) is 0 Å². The summed E-state index contributed by atoms with van der Waals surface area (Å²) in [5, 5.41) is 4.20. The van der Waals surface area contributed by atoms with Crippen molar-refractivity contribution in [3.05, 3.63) is 65.2 Å². The molecule has 2 aliphatic heterocycles. The van der Waals surface area contributed by atoms with E-state index in [1.54, 1.807) is 54.6 Å². The van der Waals surface area contributed by atoms with Crippen molar-refractivity contribution in [1.29, 1.82) is 0 Å². The van der Waals surface area contributed by atoms with Gasteiger partial charge in [-0.1, -0.05) is 47.1 Å². The van der Waals surface area contributed by atoms with Gasteiger partial charge in [-0.25, -0.2) is 4.90 Å². The molecule has 7 heteroatoms. The van der Waals surface area contributed by atoms with Crippen molar-refractivity contribution in [2.45, 2.75) is 6.10 Å². The Morgan fingerprint density at radius 2 is 1.68 bits per heavy atom. The zero-order valence-electron chi connectivity index (χ0n) is 12.8. The molecule has 2 aromatic rings. The van der Waals surface area contributed by atoms with Gasteiger partial charge >= 0.3 is 0 Å². The van der Waals surface area contributed by atoms with Crippen LogP contribution in [-0.2, 0) is 14.4 Å². The molecular weight excluding hydrogens is 344 g/mol. The Labute approximate surface area is 147 Å². The fraction of sp³-hybridized carbons (Fsp3) is 0.111. The first kappa shape index (κ1) is 15.5. The van der Waals surface area contributed by atoms with Crippen molar-refractivity contribution in [3.8, 4) is 0 Å². The molecular formula is C18H11ClN2O4. The van der Waals surface area contributed by atoms with Gasteiger partial charge < -0.3 is 4.84 Å². The molecule has 6 nitrogen and oxygen atoms in total. The number of hydrogen-bond donors (Lipinski definition) is 0. The summed E-state index contributed by atoms with van der Waals surface area (Å²) in [4.78, 5) is 44.1. The first-order chi connectivity index (χ1) is 12.1. The second kappa shape index (κ2) is 5.82. The van der Waals surface area contributed by atoms with Gasteiger partial charge in [0.1, 0.15) is 11.6 Å². The van der Waals surface area contributed by atoms with Gasteiger partial charge in [0.25, 0.3) is 5.91 Å². The minimum absolute atomic E-state index is 0.0500. The van der Waals surface area contributed by atoms with Crippen molar-refractivity contribution in [3.63, 3.8) is 0 Å². The number of hydrogen-bond acceptors (Lipinski definition) is 5. The predicted molar refractivity (Wildman–Crippen MR) is 90.5 cm³/mol. The average Bonchev–Trinajstić information content (AvgIpc) is 3.17. The summed E-state index contributed by atoms with van der Waals surface area (Å²) in [5.74, 6) is -2.53. The number of ketones is 1. The molecule has 0 unspecified atom stereocenters. The molecule has 124 valence electrons. The summed E-state index contributed by atoms with van der Waals surface area (Å²) in [6.07, 6.45) is -1.11. The Bertz CT molecular complexity index is 908. The van der Waals surface area contributed by atoms with E-state index < -0.39 is 29.6 Å². The van der Waals surface area contributed by atoms with Gasteiger partial charge in [-0.15, -0.1) is 0 Å². The third-order valence-corrected chi connectivity index (χ3v) is 4.42. The molecule has 2 heterocycles. The van der Waals surface area contributed by atoms with Crippen LogP contribution in [0.3, 0.4) is 0 Å². The first-order valence-electron chi connectivity index (χ1n) is 7.55. The number of fused-ring (bicyclic) bond motifs is 1. The van der Waals surface area contributed by atoms with Gasteiger partial charge in [0.2, 0.25) is 17.8 Å². The molecule has 1 saturated heterocycles. The van der Waals surface area contributed by atoms with Gasteiger partial charge in [-0.05, 0) is 24.3 Å². The molecule has 2 aromatic carbocycles. The minimum atomic E-state index is -1.11.